The number of hydrogen-bond acceptors (Lipinski definition) is 4. The van der Waals surface area contributed by atoms with Gasteiger partial charge in [-0.15, -0.1) is 0 Å². The molecule has 20 heavy (non-hydrogen) atoms. The van der Waals surface area contributed by atoms with Crippen LogP contribution in [-0.4, -0.2) is 72.9 Å². The molecule has 9 heteroatoms. The third-order valence-corrected chi connectivity index (χ3v) is 5.02. The van der Waals surface area contributed by atoms with E-state index in [0.717, 1.165) is 5.69 Å². The smallest absolute Gasteiger partial charge is 0.324 e. The summed E-state index contributed by atoms with van der Waals surface area (Å²) in [5, 5.41) is 4.24. The second-order valence-corrected chi connectivity index (χ2v) is 7.25. The van der Waals surface area contributed by atoms with E-state index in [2.05, 4.69) is 5.10 Å². The van der Waals surface area contributed by atoms with Crippen molar-refractivity contribution in [2.24, 2.45) is 0 Å². The Morgan fingerprint density at radius 2 is 2.00 bits per heavy atom. The standard InChI is InChI=1S/C11H17N5O3S/c1-13-3-4-15(11(13)17)9-5-12-16(8-9)10-6-14(7-10)20(2,18)19/h5,8,10H,3-4,6-7H2,1-2H3. The number of hydrogen-bond donors (Lipinski definition) is 0. The van der Waals surface area contributed by atoms with Gasteiger partial charge in [0.15, 0.2) is 0 Å². The second kappa shape index (κ2) is 4.45. The van der Waals surface area contributed by atoms with Crippen molar-refractivity contribution in [1.82, 2.24) is 19.0 Å². The Balaban J connectivity index is 1.69. The average molecular weight is 299 g/mol. The van der Waals surface area contributed by atoms with Crippen LogP contribution in [0.25, 0.3) is 0 Å². The minimum atomic E-state index is -3.11. The Bertz CT molecular complexity index is 634. The molecule has 0 N–H and O–H groups in total. The van der Waals surface area contributed by atoms with E-state index >= 15 is 0 Å². The summed E-state index contributed by atoms with van der Waals surface area (Å²) < 4.78 is 25.8. The number of urea groups is 1. The monoisotopic (exact) mass is 299 g/mol. The number of likely N-dealkylation sites (N-methyl/N-ethyl adjacent to an activating group) is 1. The van der Waals surface area contributed by atoms with Gasteiger partial charge in [0.05, 0.1) is 24.2 Å². The first-order valence-corrected chi connectivity index (χ1v) is 8.23. The van der Waals surface area contributed by atoms with E-state index in [1.54, 1.807) is 33.9 Å². The van der Waals surface area contributed by atoms with Gasteiger partial charge in [-0.25, -0.2) is 13.2 Å². The summed E-state index contributed by atoms with van der Waals surface area (Å²) in [4.78, 5) is 15.2. The molecule has 3 rings (SSSR count). The molecule has 1 aromatic rings. The lowest BCUT2D eigenvalue weighted by molar-refractivity contribution is 0.192. The maximum atomic E-state index is 11.9. The highest BCUT2D eigenvalue weighted by Gasteiger charge is 2.35. The topological polar surface area (TPSA) is 78.8 Å². The quantitative estimate of drug-likeness (QED) is 0.759. The van der Waals surface area contributed by atoms with Crippen LogP contribution in [0.1, 0.15) is 6.04 Å². The Morgan fingerprint density at radius 3 is 2.55 bits per heavy atom. The normalized spacial score (nSPS) is 21.6. The molecule has 2 saturated heterocycles. The minimum Gasteiger partial charge on any atom is -0.326 e. The van der Waals surface area contributed by atoms with Gasteiger partial charge in [0.2, 0.25) is 10.0 Å². The molecular weight excluding hydrogens is 282 g/mol. The second-order valence-electron chi connectivity index (χ2n) is 5.27. The van der Waals surface area contributed by atoms with E-state index in [1.807, 2.05) is 0 Å². The molecule has 0 spiro atoms. The zero-order chi connectivity index (χ0) is 14.5. The van der Waals surface area contributed by atoms with Crippen molar-refractivity contribution in [3.63, 3.8) is 0 Å². The van der Waals surface area contributed by atoms with Gasteiger partial charge in [-0.2, -0.15) is 9.40 Å². The van der Waals surface area contributed by atoms with Crippen LogP contribution >= 0.6 is 0 Å². The van der Waals surface area contributed by atoms with Crippen molar-refractivity contribution in [1.29, 1.82) is 0 Å². The van der Waals surface area contributed by atoms with Crippen LogP contribution in [0.15, 0.2) is 12.4 Å². The van der Waals surface area contributed by atoms with Gasteiger partial charge in [0.1, 0.15) is 0 Å². The van der Waals surface area contributed by atoms with Crippen LogP contribution in [0.4, 0.5) is 10.5 Å². The molecule has 0 bridgehead atoms. The van der Waals surface area contributed by atoms with Crippen LogP contribution in [0.2, 0.25) is 0 Å². The first-order chi connectivity index (χ1) is 9.36. The maximum Gasteiger partial charge on any atom is 0.324 e. The zero-order valence-electron chi connectivity index (χ0n) is 11.4. The summed E-state index contributed by atoms with van der Waals surface area (Å²) in [6.07, 6.45) is 4.66. The molecule has 110 valence electrons. The first-order valence-electron chi connectivity index (χ1n) is 6.38. The number of carbonyl (C=O) groups excluding carboxylic acids is 1. The molecule has 0 saturated carbocycles. The average Bonchev–Trinajstić information content (AvgIpc) is 2.84. The molecule has 1 aromatic heterocycles. The highest BCUT2D eigenvalue weighted by atomic mass is 32.2. The lowest BCUT2D eigenvalue weighted by Gasteiger charge is -2.37. The molecular formula is C11H17N5O3S. The summed E-state index contributed by atoms with van der Waals surface area (Å²) in [5.41, 5.74) is 0.761. The van der Waals surface area contributed by atoms with Crippen molar-refractivity contribution in [2.45, 2.75) is 6.04 Å². The fraction of sp³-hybridized carbons (Fsp3) is 0.636. The predicted octanol–water partition coefficient (Wildman–Crippen LogP) is -0.429. The number of sulfonamides is 1. The molecule has 0 radical (unpaired) electrons. The summed E-state index contributed by atoms with van der Waals surface area (Å²) in [7, 11) is -1.34. The minimum absolute atomic E-state index is 0.0316. The SMILES string of the molecule is CN1CCN(c2cnn(C3CN(S(C)(=O)=O)C3)c2)C1=O. The summed E-state index contributed by atoms with van der Waals surface area (Å²) in [6, 6.07) is 0.0184. The van der Waals surface area contributed by atoms with Crippen molar-refractivity contribution in [2.75, 3.05) is 44.4 Å². The largest absolute Gasteiger partial charge is 0.326 e. The van der Waals surface area contributed by atoms with Crippen molar-refractivity contribution >= 4 is 21.7 Å². The Kier molecular flexibility index (Phi) is 2.98. The third-order valence-electron chi connectivity index (χ3n) is 3.79. The Morgan fingerprint density at radius 1 is 1.30 bits per heavy atom. The molecule has 0 aromatic carbocycles. The Labute approximate surface area is 117 Å². The molecule has 2 fully saturated rings. The lowest BCUT2D eigenvalue weighted by Crippen LogP contribution is -2.50. The number of nitrogens with zero attached hydrogens (tertiary/aromatic N) is 5. The summed E-state index contributed by atoms with van der Waals surface area (Å²) >= 11 is 0. The number of rotatable bonds is 3. The fourth-order valence-electron chi connectivity index (χ4n) is 2.41. The third kappa shape index (κ3) is 2.16. The van der Waals surface area contributed by atoms with Crippen molar-refractivity contribution in [3.05, 3.63) is 12.4 Å². The molecule has 2 amide bonds. The predicted molar refractivity (Wildman–Crippen MR) is 73.1 cm³/mol. The summed E-state index contributed by atoms with van der Waals surface area (Å²) in [5.74, 6) is 0. The van der Waals surface area contributed by atoms with Crippen molar-refractivity contribution in [3.8, 4) is 0 Å². The summed E-state index contributed by atoms with van der Waals surface area (Å²) in [6.45, 7) is 2.23. The van der Waals surface area contributed by atoms with Gasteiger partial charge in [0, 0.05) is 39.4 Å². The molecule has 8 nitrogen and oxygen atoms in total. The first kappa shape index (κ1) is 13.4. The lowest BCUT2D eigenvalue weighted by atomic mass is 10.2. The maximum absolute atomic E-state index is 11.9. The molecule has 0 aliphatic carbocycles. The van der Waals surface area contributed by atoms with Crippen LogP contribution in [0.5, 0.6) is 0 Å². The van der Waals surface area contributed by atoms with Gasteiger partial charge in [-0.3, -0.25) is 9.58 Å². The molecule has 2 aliphatic rings. The molecule has 0 unspecified atom stereocenters. The van der Waals surface area contributed by atoms with E-state index in [4.69, 9.17) is 0 Å². The van der Waals surface area contributed by atoms with Gasteiger partial charge < -0.3 is 4.90 Å². The van der Waals surface area contributed by atoms with E-state index < -0.39 is 10.0 Å². The number of amides is 2. The van der Waals surface area contributed by atoms with E-state index in [0.29, 0.717) is 26.2 Å². The molecule has 3 heterocycles. The number of carbonyl (C=O) groups is 1. The van der Waals surface area contributed by atoms with E-state index in [9.17, 15) is 13.2 Å². The van der Waals surface area contributed by atoms with Crippen LogP contribution in [0, 0.1) is 0 Å². The Hall–Kier alpha value is -1.61. The number of anilines is 1. The highest BCUT2D eigenvalue weighted by molar-refractivity contribution is 7.88. The highest BCUT2D eigenvalue weighted by Crippen LogP contribution is 2.26. The van der Waals surface area contributed by atoms with Gasteiger partial charge >= 0.3 is 6.03 Å². The molecule has 0 atom stereocenters. The fourth-order valence-corrected chi connectivity index (χ4v) is 3.29. The van der Waals surface area contributed by atoms with Crippen molar-refractivity contribution < 1.29 is 13.2 Å². The zero-order valence-corrected chi connectivity index (χ0v) is 12.2. The van der Waals surface area contributed by atoms with E-state index in [1.165, 1.54) is 10.6 Å². The van der Waals surface area contributed by atoms with E-state index in [-0.39, 0.29) is 12.1 Å². The van der Waals surface area contributed by atoms with Gasteiger partial charge in [-0.1, -0.05) is 0 Å². The van der Waals surface area contributed by atoms with Gasteiger partial charge in [0.25, 0.3) is 0 Å². The van der Waals surface area contributed by atoms with Crippen LogP contribution < -0.4 is 4.90 Å². The van der Waals surface area contributed by atoms with Crippen LogP contribution in [-0.2, 0) is 10.0 Å². The van der Waals surface area contributed by atoms with Gasteiger partial charge in [-0.05, 0) is 0 Å². The van der Waals surface area contributed by atoms with Crippen LogP contribution in [0.3, 0.4) is 0 Å². The molecule has 2 aliphatic heterocycles. The number of aromatic nitrogens is 2.